The minimum atomic E-state index is -0.945. The van der Waals surface area contributed by atoms with Crippen LogP contribution in [0.4, 0.5) is 0 Å². The van der Waals surface area contributed by atoms with Crippen LogP contribution in [0, 0.1) is 0 Å². The number of aliphatic hydroxyl groups is 2. The van der Waals surface area contributed by atoms with Crippen molar-refractivity contribution < 1.29 is 10.2 Å². The van der Waals surface area contributed by atoms with Crippen LogP contribution >= 0.6 is 27.5 Å². The first-order valence-corrected chi connectivity index (χ1v) is 5.74. The Hall–Kier alpha value is -0.130. The van der Waals surface area contributed by atoms with Crippen molar-refractivity contribution in [2.75, 3.05) is 6.54 Å². The molecule has 0 saturated carbocycles. The maximum Gasteiger partial charge on any atom is 0.105 e. The highest BCUT2D eigenvalue weighted by molar-refractivity contribution is 9.10. The van der Waals surface area contributed by atoms with Gasteiger partial charge in [-0.25, -0.2) is 0 Å². The Morgan fingerprint density at radius 1 is 1.40 bits per heavy atom. The summed E-state index contributed by atoms with van der Waals surface area (Å²) >= 11 is 9.13. The van der Waals surface area contributed by atoms with Crippen LogP contribution < -0.4 is 5.73 Å². The molecule has 0 amide bonds. The zero-order valence-corrected chi connectivity index (χ0v) is 10.4. The Morgan fingerprint density at radius 2 is 2.07 bits per heavy atom. The van der Waals surface area contributed by atoms with E-state index in [0.717, 1.165) is 4.47 Å². The second-order valence-electron chi connectivity index (χ2n) is 3.26. The Bertz CT molecular complexity index is 335. The van der Waals surface area contributed by atoms with Gasteiger partial charge in [0, 0.05) is 4.47 Å². The van der Waals surface area contributed by atoms with Gasteiger partial charge in [-0.15, -0.1) is 0 Å². The molecule has 0 saturated heterocycles. The fourth-order valence-corrected chi connectivity index (χ4v) is 1.68. The van der Waals surface area contributed by atoms with E-state index in [1.165, 1.54) is 0 Å². The first-order valence-electron chi connectivity index (χ1n) is 4.57. The predicted molar refractivity (Wildman–Crippen MR) is 63.8 cm³/mol. The van der Waals surface area contributed by atoms with Gasteiger partial charge in [0.25, 0.3) is 0 Å². The van der Waals surface area contributed by atoms with Gasteiger partial charge in [-0.2, -0.15) is 0 Å². The molecule has 1 rings (SSSR count). The lowest BCUT2D eigenvalue weighted by molar-refractivity contribution is 0.0150. The van der Waals surface area contributed by atoms with E-state index in [2.05, 4.69) is 15.9 Å². The number of aliphatic hydroxyl groups excluding tert-OH is 2. The average Bonchev–Trinajstić information content (AvgIpc) is 2.21. The van der Waals surface area contributed by atoms with Crippen LogP contribution in [-0.2, 0) is 0 Å². The summed E-state index contributed by atoms with van der Waals surface area (Å²) < 4.78 is 0.758. The Morgan fingerprint density at radius 3 is 2.60 bits per heavy atom. The topological polar surface area (TPSA) is 66.5 Å². The average molecular weight is 295 g/mol. The van der Waals surface area contributed by atoms with Gasteiger partial charge in [-0.3, -0.25) is 0 Å². The summed E-state index contributed by atoms with van der Waals surface area (Å²) in [4.78, 5) is 0. The second kappa shape index (κ2) is 5.82. The van der Waals surface area contributed by atoms with Crippen LogP contribution in [0.2, 0.25) is 5.02 Å². The number of hydrogen-bond acceptors (Lipinski definition) is 3. The van der Waals surface area contributed by atoms with Crippen molar-refractivity contribution in [1.29, 1.82) is 0 Å². The molecule has 1 aromatic rings. The third-order valence-electron chi connectivity index (χ3n) is 2.11. The van der Waals surface area contributed by atoms with E-state index in [9.17, 15) is 10.2 Å². The van der Waals surface area contributed by atoms with Crippen molar-refractivity contribution in [1.82, 2.24) is 0 Å². The van der Waals surface area contributed by atoms with Crippen molar-refractivity contribution >= 4 is 27.5 Å². The molecule has 4 N–H and O–H groups in total. The highest BCUT2D eigenvalue weighted by Gasteiger charge is 2.18. The van der Waals surface area contributed by atoms with Gasteiger partial charge in [-0.1, -0.05) is 17.7 Å². The van der Waals surface area contributed by atoms with Gasteiger partial charge in [0.2, 0.25) is 0 Å². The van der Waals surface area contributed by atoms with Gasteiger partial charge in [0.05, 0.1) is 11.1 Å². The van der Waals surface area contributed by atoms with Crippen molar-refractivity contribution in [3.8, 4) is 0 Å². The molecular weight excluding hydrogens is 281 g/mol. The maximum atomic E-state index is 9.76. The molecule has 1 aromatic carbocycles. The van der Waals surface area contributed by atoms with Crippen LogP contribution in [0.15, 0.2) is 22.7 Å². The highest BCUT2D eigenvalue weighted by atomic mass is 79.9. The number of benzene rings is 1. The van der Waals surface area contributed by atoms with E-state index in [1.54, 1.807) is 18.2 Å². The van der Waals surface area contributed by atoms with E-state index >= 15 is 0 Å². The standard InChI is InChI=1S/C10H13BrClNO2/c11-7-2-1-6(5-8(7)12)10(15)9(14)3-4-13/h1-2,5,9-10,14-15H,3-4,13H2. The first kappa shape index (κ1) is 12.9. The van der Waals surface area contributed by atoms with E-state index in [-0.39, 0.29) is 0 Å². The van der Waals surface area contributed by atoms with Crippen molar-refractivity contribution in [3.05, 3.63) is 33.3 Å². The van der Waals surface area contributed by atoms with Crippen LogP contribution in [0.5, 0.6) is 0 Å². The van der Waals surface area contributed by atoms with Crippen LogP contribution in [0.25, 0.3) is 0 Å². The highest BCUT2D eigenvalue weighted by Crippen LogP contribution is 2.27. The molecule has 0 radical (unpaired) electrons. The first-order chi connectivity index (χ1) is 7.06. The number of halogens is 2. The van der Waals surface area contributed by atoms with E-state index < -0.39 is 12.2 Å². The molecule has 0 spiro atoms. The Kier molecular flexibility index (Phi) is 5.02. The summed E-state index contributed by atoms with van der Waals surface area (Å²) in [6, 6.07) is 5.06. The molecule has 5 heteroatoms. The van der Waals surface area contributed by atoms with Gasteiger partial charge < -0.3 is 15.9 Å². The summed E-state index contributed by atoms with van der Waals surface area (Å²) in [6.07, 6.45) is -1.44. The van der Waals surface area contributed by atoms with Gasteiger partial charge >= 0.3 is 0 Å². The lowest BCUT2D eigenvalue weighted by Gasteiger charge is -2.17. The third kappa shape index (κ3) is 3.43. The minimum Gasteiger partial charge on any atom is -0.390 e. The molecule has 0 heterocycles. The molecule has 0 aliphatic heterocycles. The van der Waals surface area contributed by atoms with Crippen LogP contribution in [-0.4, -0.2) is 22.9 Å². The largest absolute Gasteiger partial charge is 0.390 e. The molecule has 2 atom stereocenters. The van der Waals surface area contributed by atoms with Gasteiger partial charge in [-0.05, 0) is 46.6 Å². The normalized spacial score (nSPS) is 15.0. The molecular formula is C10H13BrClNO2. The fourth-order valence-electron chi connectivity index (χ4n) is 1.25. The lowest BCUT2D eigenvalue weighted by Crippen LogP contribution is -2.21. The molecule has 2 unspecified atom stereocenters. The summed E-state index contributed by atoms with van der Waals surface area (Å²) in [5.74, 6) is 0. The smallest absolute Gasteiger partial charge is 0.105 e. The number of hydrogen-bond donors (Lipinski definition) is 3. The van der Waals surface area contributed by atoms with Crippen molar-refractivity contribution in [3.63, 3.8) is 0 Å². The second-order valence-corrected chi connectivity index (χ2v) is 4.52. The van der Waals surface area contributed by atoms with Crippen LogP contribution in [0.1, 0.15) is 18.1 Å². The monoisotopic (exact) mass is 293 g/mol. The van der Waals surface area contributed by atoms with Crippen molar-refractivity contribution in [2.45, 2.75) is 18.6 Å². The summed E-state index contributed by atoms with van der Waals surface area (Å²) in [5, 5.41) is 19.8. The van der Waals surface area contributed by atoms with Gasteiger partial charge in [0.15, 0.2) is 0 Å². The van der Waals surface area contributed by atoms with E-state index in [4.69, 9.17) is 17.3 Å². The zero-order valence-electron chi connectivity index (χ0n) is 8.03. The molecule has 15 heavy (non-hydrogen) atoms. The van der Waals surface area contributed by atoms with Crippen molar-refractivity contribution in [2.24, 2.45) is 5.73 Å². The minimum absolute atomic E-state index is 0.336. The van der Waals surface area contributed by atoms with E-state index in [0.29, 0.717) is 23.6 Å². The molecule has 0 aliphatic rings. The maximum absolute atomic E-state index is 9.76. The Labute approximate surface area is 102 Å². The van der Waals surface area contributed by atoms with Crippen LogP contribution in [0.3, 0.4) is 0 Å². The number of nitrogens with two attached hydrogens (primary N) is 1. The number of rotatable bonds is 4. The summed E-state index contributed by atoms with van der Waals surface area (Å²) in [6.45, 7) is 0.336. The van der Waals surface area contributed by atoms with E-state index in [1.807, 2.05) is 0 Å². The molecule has 0 aromatic heterocycles. The molecule has 84 valence electrons. The molecule has 0 aliphatic carbocycles. The molecule has 3 nitrogen and oxygen atoms in total. The Balaban J connectivity index is 2.81. The van der Waals surface area contributed by atoms with Gasteiger partial charge in [0.1, 0.15) is 6.10 Å². The quantitative estimate of drug-likeness (QED) is 0.794. The molecule has 0 bridgehead atoms. The summed E-state index contributed by atoms with van der Waals surface area (Å²) in [5.41, 5.74) is 5.88. The third-order valence-corrected chi connectivity index (χ3v) is 3.34. The lowest BCUT2D eigenvalue weighted by atomic mass is 10.0. The molecule has 0 fully saturated rings. The fraction of sp³-hybridized carbons (Fsp3) is 0.400. The summed E-state index contributed by atoms with van der Waals surface area (Å²) in [7, 11) is 0. The zero-order chi connectivity index (χ0) is 11.4. The SMILES string of the molecule is NCCC(O)C(O)c1ccc(Br)c(Cl)c1. The predicted octanol–water partition coefficient (Wildman–Crippen LogP) is 1.85.